The second-order valence-corrected chi connectivity index (χ2v) is 4.54. The summed E-state index contributed by atoms with van der Waals surface area (Å²) in [7, 11) is 1.61. The molecule has 1 aromatic heterocycles. The number of rotatable bonds is 8. The van der Waals surface area contributed by atoms with E-state index >= 15 is 0 Å². The van der Waals surface area contributed by atoms with Crippen molar-refractivity contribution in [2.24, 2.45) is 0 Å². The number of aryl methyl sites for hydroxylation is 1. The van der Waals surface area contributed by atoms with E-state index in [1.807, 2.05) is 35.9 Å². The summed E-state index contributed by atoms with van der Waals surface area (Å²) in [5.74, 6) is 0.0348. The van der Waals surface area contributed by atoms with E-state index in [1.165, 1.54) is 0 Å². The number of aromatic nitrogens is 2. The zero-order valence-electron chi connectivity index (χ0n) is 12.0. The molecule has 0 saturated carbocycles. The zero-order chi connectivity index (χ0) is 14.4. The molecule has 108 valence electrons. The van der Waals surface area contributed by atoms with Crippen LogP contribution in [0.15, 0.2) is 24.3 Å². The smallest absolute Gasteiger partial charge is 0.164 e. The van der Waals surface area contributed by atoms with Crippen LogP contribution in [0.25, 0.3) is 10.9 Å². The maximum atomic E-state index is 11.9. The normalized spacial score (nSPS) is 11.1. The van der Waals surface area contributed by atoms with Crippen LogP contribution >= 0.6 is 0 Å². The maximum absolute atomic E-state index is 11.9. The van der Waals surface area contributed by atoms with Crippen LogP contribution in [0.2, 0.25) is 0 Å². The molecule has 0 spiro atoms. The molecule has 0 N–H and O–H groups in total. The quantitative estimate of drug-likeness (QED) is 0.690. The van der Waals surface area contributed by atoms with Crippen molar-refractivity contribution < 1.29 is 14.3 Å². The van der Waals surface area contributed by atoms with E-state index in [4.69, 9.17) is 9.47 Å². The molecule has 0 aliphatic heterocycles. The fraction of sp³-hybridized carbons (Fsp3) is 0.467. The molecular weight excluding hydrogens is 256 g/mol. The van der Waals surface area contributed by atoms with Crippen LogP contribution < -0.4 is 0 Å². The minimum Gasteiger partial charge on any atom is -0.382 e. The average molecular weight is 276 g/mol. The summed E-state index contributed by atoms with van der Waals surface area (Å²) in [6, 6.07) is 7.97. The van der Waals surface area contributed by atoms with Crippen LogP contribution in [0.5, 0.6) is 0 Å². The van der Waals surface area contributed by atoms with Gasteiger partial charge in [0.05, 0.1) is 30.8 Å². The van der Waals surface area contributed by atoms with Crippen molar-refractivity contribution in [2.75, 3.05) is 26.9 Å². The van der Waals surface area contributed by atoms with Crippen LogP contribution in [0, 0.1) is 0 Å². The minimum atomic E-state index is 0.0348. The van der Waals surface area contributed by atoms with Crippen molar-refractivity contribution in [3.8, 4) is 0 Å². The first-order valence-electron chi connectivity index (χ1n) is 6.79. The number of para-hydroxylation sites is 1. The van der Waals surface area contributed by atoms with Crippen molar-refractivity contribution >= 4 is 16.7 Å². The summed E-state index contributed by atoms with van der Waals surface area (Å²) in [6.07, 6.45) is 0.306. The van der Waals surface area contributed by atoms with Crippen molar-refractivity contribution in [3.05, 3.63) is 30.0 Å². The van der Waals surface area contributed by atoms with E-state index in [2.05, 4.69) is 5.10 Å². The lowest BCUT2D eigenvalue weighted by Crippen LogP contribution is -2.14. The highest BCUT2D eigenvalue weighted by Crippen LogP contribution is 2.18. The van der Waals surface area contributed by atoms with Gasteiger partial charge in [0.15, 0.2) is 5.78 Å². The molecule has 0 radical (unpaired) electrons. The Labute approximate surface area is 118 Å². The van der Waals surface area contributed by atoms with Crippen LogP contribution in [0.1, 0.15) is 12.6 Å². The number of hydrogen-bond acceptors (Lipinski definition) is 4. The van der Waals surface area contributed by atoms with Gasteiger partial charge < -0.3 is 9.47 Å². The highest BCUT2D eigenvalue weighted by atomic mass is 16.5. The van der Waals surface area contributed by atoms with E-state index in [0.717, 1.165) is 23.1 Å². The monoisotopic (exact) mass is 276 g/mol. The molecule has 5 heteroatoms. The summed E-state index contributed by atoms with van der Waals surface area (Å²) in [5, 5.41) is 5.55. The lowest BCUT2D eigenvalue weighted by molar-refractivity contribution is -0.123. The predicted molar refractivity (Wildman–Crippen MR) is 76.8 cm³/mol. The number of ether oxygens (including phenoxy) is 2. The van der Waals surface area contributed by atoms with Crippen LogP contribution in [-0.4, -0.2) is 42.5 Å². The minimum absolute atomic E-state index is 0.0348. The van der Waals surface area contributed by atoms with E-state index < -0.39 is 0 Å². The topological polar surface area (TPSA) is 53.4 Å². The first-order valence-corrected chi connectivity index (χ1v) is 6.79. The third-order valence-corrected chi connectivity index (χ3v) is 3.09. The first kappa shape index (κ1) is 14.7. The van der Waals surface area contributed by atoms with Crippen LogP contribution in [0.4, 0.5) is 0 Å². The van der Waals surface area contributed by atoms with Crippen LogP contribution in [-0.2, 0) is 27.2 Å². The van der Waals surface area contributed by atoms with E-state index in [-0.39, 0.29) is 12.4 Å². The SMILES string of the molecule is CCn1nc(CC(=O)COCCOC)c2ccccc21. The highest BCUT2D eigenvalue weighted by Gasteiger charge is 2.12. The molecule has 20 heavy (non-hydrogen) atoms. The fourth-order valence-electron chi connectivity index (χ4n) is 2.13. The van der Waals surface area contributed by atoms with Gasteiger partial charge in [0, 0.05) is 19.0 Å². The number of benzene rings is 1. The van der Waals surface area contributed by atoms with Crippen molar-refractivity contribution in [1.82, 2.24) is 9.78 Å². The summed E-state index contributed by atoms with van der Waals surface area (Å²) >= 11 is 0. The molecular formula is C15H20N2O3. The molecule has 0 aliphatic rings. The highest BCUT2D eigenvalue weighted by molar-refractivity contribution is 5.89. The Balaban J connectivity index is 2.04. The molecule has 5 nitrogen and oxygen atoms in total. The van der Waals surface area contributed by atoms with E-state index in [0.29, 0.717) is 19.6 Å². The van der Waals surface area contributed by atoms with Gasteiger partial charge in [0.2, 0.25) is 0 Å². The summed E-state index contributed by atoms with van der Waals surface area (Å²) < 4.78 is 12.0. The number of fused-ring (bicyclic) bond motifs is 1. The first-order chi connectivity index (χ1) is 9.76. The average Bonchev–Trinajstić information content (AvgIpc) is 2.82. The summed E-state index contributed by atoms with van der Waals surface area (Å²) in [5.41, 5.74) is 1.89. The molecule has 2 aromatic rings. The molecule has 0 fully saturated rings. The largest absolute Gasteiger partial charge is 0.382 e. The predicted octanol–water partition coefficient (Wildman–Crippen LogP) is 1.83. The number of nitrogens with zero attached hydrogens (tertiary/aromatic N) is 2. The second kappa shape index (κ2) is 7.17. The molecule has 0 atom stereocenters. The summed E-state index contributed by atoms with van der Waals surface area (Å²) in [4.78, 5) is 11.9. The molecule has 1 heterocycles. The Hall–Kier alpha value is -1.72. The Morgan fingerprint density at radius 2 is 2.10 bits per heavy atom. The lowest BCUT2D eigenvalue weighted by Gasteiger charge is -2.02. The lowest BCUT2D eigenvalue weighted by atomic mass is 10.1. The van der Waals surface area contributed by atoms with Gasteiger partial charge in [-0.25, -0.2) is 0 Å². The molecule has 0 bridgehead atoms. The van der Waals surface area contributed by atoms with E-state index in [1.54, 1.807) is 7.11 Å². The zero-order valence-corrected chi connectivity index (χ0v) is 12.0. The molecule has 0 unspecified atom stereocenters. The second-order valence-electron chi connectivity index (χ2n) is 4.54. The van der Waals surface area contributed by atoms with Gasteiger partial charge >= 0.3 is 0 Å². The van der Waals surface area contributed by atoms with E-state index in [9.17, 15) is 4.79 Å². The number of carbonyl (C=O) groups excluding carboxylic acids is 1. The van der Waals surface area contributed by atoms with Gasteiger partial charge in [0.1, 0.15) is 6.61 Å². The number of Topliss-reactive ketones (excluding diaryl/α,β-unsaturated/α-hetero) is 1. The Kier molecular flexibility index (Phi) is 5.26. The molecule has 2 rings (SSSR count). The van der Waals surface area contributed by atoms with Crippen LogP contribution in [0.3, 0.4) is 0 Å². The Bertz CT molecular complexity index is 578. The molecule has 0 aliphatic carbocycles. The van der Waals surface area contributed by atoms with Gasteiger partial charge in [-0.15, -0.1) is 0 Å². The third kappa shape index (κ3) is 3.43. The van der Waals surface area contributed by atoms with Crippen molar-refractivity contribution in [1.29, 1.82) is 0 Å². The number of ketones is 1. The van der Waals surface area contributed by atoms with Gasteiger partial charge in [0.25, 0.3) is 0 Å². The van der Waals surface area contributed by atoms with Gasteiger partial charge in [-0.1, -0.05) is 18.2 Å². The van der Waals surface area contributed by atoms with Crippen molar-refractivity contribution in [3.63, 3.8) is 0 Å². The number of carbonyl (C=O) groups is 1. The molecule has 0 amide bonds. The summed E-state index contributed by atoms with van der Waals surface area (Å²) in [6.45, 7) is 3.88. The fourth-order valence-corrected chi connectivity index (χ4v) is 2.13. The number of methoxy groups -OCH3 is 1. The van der Waals surface area contributed by atoms with Gasteiger partial charge in [-0.2, -0.15) is 5.10 Å². The van der Waals surface area contributed by atoms with Gasteiger partial charge in [-0.3, -0.25) is 9.48 Å². The Morgan fingerprint density at radius 3 is 2.85 bits per heavy atom. The van der Waals surface area contributed by atoms with Crippen molar-refractivity contribution in [2.45, 2.75) is 19.9 Å². The maximum Gasteiger partial charge on any atom is 0.164 e. The number of hydrogen-bond donors (Lipinski definition) is 0. The molecule has 1 aromatic carbocycles. The third-order valence-electron chi connectivity index (χ3n) is 3.09. The standard InChI is InChI=1S/C15H20N2O3/c1-3-17-15-7-5-4-6-13(15)14(16-17)10-12(18)11-20-9-8-19-2/h4-7H,3,8-11H2,1-2H3. The molecule has 0 saturated heterocycles. The Morgan fingerprint density at radius 1 is 1.30 bits per heavy atom. The van der Waals surface area contributed by atoms with Gasteiger partial charge in [-0.05, 0) is 13.0 Å².